The van der Waals surface area contributed by atoms with Crippen molar-refractivity contribution in [2.24, 2.45) is 0 Å². The van der Waals surface area contributed by atoms with E-state index in [1.54, 1.807) is 58.4 Å². The number of fused-ring (bicyclic) bond motifs is 1. The Morgan fingerprint density at radius 2 is 1.53 bits per heavy atom. The van der Waals surface area contributed by atoms with Gasteiger partial charge in [-0.05, 0) is 42.0 Å². The smallest absolute Gasteiger partial charge is 0.244 e. The van der Waals surface area contributed by atoms with Crippen molar-refractivity contribution < 1.29 is 33.3 Å². The molecule has 0 saturated carbocycles. The van der Waals surface area contributed by atoms with E-state index in [0.717, 1.165) is 10.5 Å². The highest BCUT2D eigenvalue weighted by Crippen LogP contribution is 2.49. The van der Waals surface area contributed by atoms with Crippen LogP contribution in [0.3, 0.4) is 0 Å². The Balaban J connectivity index is 1.61. The molecular weight excluding hydrogens is 508 g/mol. The first-order valence-corrected chi connectivity index (χ1v) is 12.7. The second kappa shape index (κ2) is 12.0. The molecule has 38 heavy (non-hydrogen) atoms. The molecule has 3 aromatic carbocycles. The van der Waals surface area contributed by atoms with Crippen LogP contribution in [0.15, 0.2) is 59.5 Å². The molecule has 1 unspecified atom stereocenters. The van der Waals surface area contributed by atoms with Gasteiger partial charge in [0.15, 0.2) is 23.0 Å². The summed E-state index contributed by atoms with van der Waals surface area (Å²) in [5.74, 6) is 2.04. The van der Waals surface area contributed by atoms with Gasteiger partial charge in [-0.15, -0.1) is 11.8 Å². The van der Waals surface area contributed by atoms with E-state index in [0.29, 0.717) is 40.1 Å². The summed E-state index contributed by atoms with van der Waals surface area (Å²) in [6, 6.07) is 16.4. The SMILES string of the molecule is COc1ccc(NC(=O)CN2C(=O)CC(c3cc(OC)c(OC)c(OC)c3)Sc3ccccc32)cc1OC. The summed E-state index contributed by atoms with van der Waals surface area (Å²) in [7, 11) is 7.73. The highest BCUT2D eigenvalue weighted by molar-refractivity contribution is 7.99. The topological polar surface area (TPSA) is 95.6 Å². The lowest BCUT2D eigenvalue weighted by atomic mass is 10.1. The van der Waals surface area contributed by atoms with Gasteiger partial charge >= 0.3 is 0 Å². The van der Waals surface area contributed by atoms with Crippen molar-refractivity contribution >= 4 is 35.0 Å². The van der Waals surface area contributed by atoms with Crippen molar-refractivity contribution in [3.8, 4) is 28.7 Å². The van der Waals surface area contributed by atoms with Gasteiger partial charge in [0, 0.05) is 28.3 Å². The molecule has 10 heteroatoms. The van der Waals surface area contributed by atoms with Crippen molar-refractivity contribution in [2.45, 2.75) is 16.6 Å². The Hall–Kier alpha value is -4.05. The normalized spacial score (nSPS) is 14.7. The number of benzene rings is 3. The summed E-state index contributed by atoms with van der Waals surface area (Å²) in [6.45, 7) is -0.146. The minimum Gasteiger partial charge on any atom is -0.493 e. The number of nitrogens with one attached hydrogen (secondary N) is 1. The molecule has 2 amide bonds. The van der Waals surface area contributed by atoms with Gasteiger partial charge in [-0.3, -0.25) is 9.59 Å². The molecule has 0 bridgehead atoms. The Bertz CT molecular complexity index is 1310. The van der Waals surface area contributed by atoms with Gasteiger partial charge < -0.3 is 33.9 Å². The first kappa shape index (κ1) is 27.0. The standard InChI is InChI=1S/C28H30N2O7S/c1-33-20-11-10-18(14-21(20)34-2)29-26(31)16-30-19-8-6-7-9-24(19)38-25(15-27(30)32)17-12-22(35-3)28(37-5)23(13-17)36-4/h6-14,25H,15-16H2,1-5H3,(H,29,31). The van der Waals surface area contributed by atoms with Crippen LogP contribution in [0.25, 0.3) is 0 Å². The van der Waals surface area contributed by atoms with E-state index in [2.05, 4.69) is 5.32 Å². The van der Waals surface area contributed by atoms with E-state index in [-0.39, 0.29) is 30.0 Å². The van der Waals surface area contributed by atoms with Crippen molar-refractivity contribution in [3.63, 3.8) is 0 Å². The average molecular weight is 539 g/mol. The molecule has 1 N–H and O–H groups in total. The van der Waals surface area contributed by atoms with Crippen LogP contribution in [-0.2, 0) is 9.59 Å². The maximum atomic E-state index is 13.6. The molecule has 0 spiro atoms. The summed E-state index contributed by atoms with van der Waals surface area (Å²) >= 11 is 1.55. The number of hydrogen-bond acceptors (Lipinski definition) is 8. The lowest BCUT2D eigenvalue weighted by Gasteiger charge is -2.22. The third-order valence-corrected chi connectivity index (χ3v) is 7.44. The number of hydrogen-bond donors (Lipinski definition) is 1. The zero-order valence-electron chi connectivity index (χ0n) is 21.9. The summed E-state index contributed by atoms with van der Waals surface area (Å²) in [6.07, 6.45) is 0.168. The summed E-state index contributed by atoms with van der Waals surface area (Å²) in [4.78, 5) is 29.0. The molecule has 0 aromatic heterocycles. The summed E-state index contributed by atoms with van der Waals surface area (Å²) in [5, 5.41) is 2.61. The molecule has 4 rings (SSSR count). The fourth-order valence-electron chi connectivity index (χ4n) is 4.28. The molecule has 1 aliphatic heterocycles. The van der Waals surface area contributed by atoms with E-state index in [1.165, 1.54) is 12.0 Å². The summed E-state index contributed by atoms with van der Waals surface area (Å²) < 4.78 is 27.1. The molecule has 0 radical (unpaired) electrons. The number of para-hydroxylation sites is 1. The number of rotatable bonds is 9. The predicted octanol–water partition coefficient (Wildman–Crippen LogP) is 4.94. The lowest BCUT2D eigenvalue weighted by Crippen LogP contribution is -2.38. The Morgan fingerprint density at radius 3 is 2.16 bits per heavy atom. The zero-order valence-corrected chi connectivity index (χ0v) is 22.7. The number of carbonyl (C=O) groups excluding carboxylic acids is 2. The zero-order chi connectivity index (χ0) is 27.2. The van der Waals surface area contributed by atoms with Gasteiger partial charge in [0.2, 0.25) is 17.6 Å². The second-order valence-corrected chi connectivity index (χ2v) is 9.58. The third kappa shape index (κ3) is 5.60. The molecule has 0 saturated heterocycles. The van der Waals surface area contributed by atoms with E-state index < -0.39 is 0 Å². The largest absolute Gasteiger partial charge is 0.493 e. The van der Waals surface area contributed by atoms with Crippen LogP contribution in [0, 0.1) is 0 Å². The predicted molar refractivity (Wildman–Crippen MR) is 146 cm³/mol. The minimum absolute atomic E-state index is 0.146. The lowest BCUT2D eigenvalue weighted by molar-refractivity contribution is -0.121. The van der Waals surface area contributed by atoms with Crippen LogP contribution >= 0.6 is 11.8 Å². The number of nitrogens with zero attached hydrogens (tertiary/aromatic N) is 1. The van der Waals surface area contributed by atoms with Gasteiger partial charge in [-0.2, -0.15) is 0 Å². The molecule has 200 valence electrons. The number of amides is 2. The van der Waals surface area contributed by atoms with Crippen LogP contribution in [0.4, 0.5) is 11.4 Å². The number of anilines is 2. The minimum atomic E-state index is -0.336. The van der Waals surface area contributed by atoms with Crippen LogP contribution < -0.4 is 33.9 Å². The van der Waals surface area contributed by atoms with E-state index in [1.807, 2.05) is 36.4 Å². The van der Waals surface area contributed by atoms with Crippen molar-refractivity contribution in [1.82, 2.24) is 0 Å². The Kier molecular flexibility index (Phi) is 8.52. The second-order valence-electron chi connectivity index (χ2n) is 8.33. The van der Waals surface area contributed by atoms with E-state index in [9.17, 15) is 9.59 Å². The highest BCUT2D eigenvalue weighted by Gasteiger charge is 2.31. The van der Waals surface area contributed by atoms with Gasteiger partial charge in [0.05, 0.1) is 41.2 Å². The van der Waals surface area contributed by atoms with Crippen molar-refractivity contribution in [1.29, 1.82) is 0 Å². The van der Waals surface area contributed by atoms with Crippen LogP contribution in [0.2, 0.25) is 0 Å². The van der Waals surface area contributed by atoms with Gasteiger partial charge in [-0.25, -0.2) is 0 Å². The van der Waals surface area contributed by atoms with Gasteiger partial charge in [0.25, 0.3) is 0 Å². The monoisotopic (exact) mass is 538 g/mol. The average Bonchev–Trinajstić information content (AvgIpc) is 3.08. The molecule has 0 fully saturated rings. The maximum absolute atomic E-state index is 13.6. The number of thioether (sulfide) groups is 1. The summed E-state index contributed by atoms with van der Waals surface area (Å²) in [5.41, 5.74) is 2.07. The third-order valence-electron chi connectivity index (χ3n) is 6.11. The highest BCUT2D eigenvalue weighted by atomic mass is 32.2. The Labute approximate surface area is 226 Å². The number of carbonyl (C=O) groups is 2. The quantitative estimate of drug-likeness (QED) is 0.410. The van der Waals surface area contributed by atoms with Crippen molar-refractivity contribution in [3.05, 3.63) is 60.2 Å². The molecule has 1 atom stereocenters. The van der Waals surface area contributed by atoms with Crippen LogP contribution in [0.1, 0.15) is 17.2 Å². The number of methoxy groups -OCH3 is 5. The van der Waals surface area contributed by atoms with Gasteiger partial charge in [0.1, 0.15) is 6.54 Å². The van der Waals surface area contributed by atoms with E-state index >= 15 is 0 Å². The molecular formula is C28H30N2O7S. The first-order valence-electron chi connectivity index (χ1n) is 11.8. The molecule has 1 heterocycles. The Morgan fingerprint density at radius 1 is 0.868 bits per heavy atom. The van der Waals surface area contributed by atoms with Gasteiger partial charge in [-0.1, -0.05) is 12.1 Å². The molecule has 1 aliphatic rings. The van der Waals surface area contributed by atoms with Crippen molar-refractivity contribution in [2.75, 3.05) is 52.3 Å². The fraction of sp³-hybridized carbons (Fsp3) is 0.286. The molecule has 3 aromatic rings. The fourth-order valence-corrected chi connectivity index (χ4v) is 5.54. The van der Waals surface area contributed by atoms with Crippen LogP contribution in [0.5, 0.6) is 28.7 Å². The van der Waals surface area contributed by atoms with Crippen LogP contribution in [-0.4, -0.2) is 53.9 Å². The molecule has 9 nitrogen and oxygen atoms in total. The maximum Gasteiger partial charge on any atom is 0.244 e. The first-order chi connectivity index (χ1) is 18.4. The van der Waals surface area contributed by atoms with E-state index in [4.69, 9.17) is 23.7 Å². The number of ether oxygens (including phenoxy) is 5. The molecule has 0 aliphatic carbocycles.